The van der Waals surface area contributed by atoms with Gasteiger partial charge in [0.05, 0.1) is 0 Å². The summed E-state index contributed by atoms with van der Waals surface area (Å²) < 4.78 is 0. The average molecular weight is 163 g/mol. The quantitative estimate of drug-likeness (QED) is 0.597. The summed E-state index contributed by atoms with van der Waals surface area (Å²) in [5.41, 5.74) is 0. The summed E-state index contributed by atoms with van der Waals surface area (Å²) in [6.07, 6.45) is 0.625. The molecular formula is C8H21NO2. The zero-order valence-electron chi connectivity index (χ0n) is 8.22. The summed E-state index contributed by atoms with van der Waals surface area (Å²) in [6.45, 7) is 8.25. The molecule has 0 heterocycles. The van der Waals surface area contributed by atoms with Crippen molar-refractivity contribution in [1.82, 2.24) is 5.32 Å². The molecule has 0 aliphatic heterocycles. The van der Waals surface area contributed by atoms with Crippen LogP contribution in [0.3, 0.4) is 0 Å². The van der Waals surface area contributed by atoms with Crippen molar-refractivity contribution in [1.29, 1.82) is 0 Å². The molecule has 1 amide bonds. The number of hydrogen-bond donors (Lipinski definition) is 2. The molecule has 0 aromatic carbocycles. The number of carbonyl (C=O) groups excluding carboxylic acids is 1. The van der Waals surface area contributed by atoms with Crippen molar-refractivity contribution in [3.05, 3.63) is 0 Å². The predicted octanol–water partition coefficient (Wildman–Crippen LogP) is 1.02. The highest BCUT2D eigenvalue weighted by atomic mass is 16.3. The molecular weight excluding hydrogens is 142 g/mol. The van der Waals surface area contributed by atoms with Crippen LogP contribution in [0.5, 0.6) is 0 Å². The maximum Gasteiger partial charge on any atom is 0.206 e. The first-order chi connectivity index (χ1) is 5.18. The predicted molar refractivity (Wildman–Crippen MR) is 48.4 cm³/mol. The fraction of sp³-hybridized carbons (Fsp3) is 0.875. The molecule has 0 aliphatic rings. The van der Waals surface area contributed by atoms with Gasteiger partial charge in [-0.3, -0.25) is 4.79 Å². The van der Waals surface area contributed by atoms with E-state index in [1.807, 2.05) is 27.7 Å². The molecule has 0 rings (SSSR count). The molecule has 0 aromatic heterocycles. The van der Waals surface area contributed by atoms with Crippen LogP contribution < -0.4 is 5.32 Å². The monoisotopic (exact) mass is 163 g/mol. The molecule has 0 aliphatic carbocycles. The van der Waals surface area contributed by atoms with Gasteiger partial charge in [-0.1, -0.05) is 27.7 Å². The van der Waals surface area contributed by atoms with E-state index < -0.39 is 0 Å². The number of amides is 1. The summed E-state index contributed by atoms with van der Waals surface area (Å²) >= 11 is 0. The van der Waals surface area contributed by atoms with E-state index in [0.717, 1.165) is 0 Å². The van der Waals surface area contributed by atoms with Crippen molar-refractivity contribution in [3.63, 3.8) is 0 Å². The lowest BCUT2D eigenvalue weighted by atomic mass is 10.2. The van der Waals surface area contributed by atoms with Crippen molar-refractivity contribution < 1.29 is 9.90 Å². The molecule has 70 valence electrons. The molecule has 2 N–H and O–H groups in total. The second-order valence-corrected chi connectivity index (χ2v) is 1.98. The highest BCUT2D eigenvalue weighted by molar-refractivity contribution is 5.44. The third-order valence-electron chi connectivity index (χ3n) is 0.483. The molecule has 0 saturated heterocycles. The molecule has 3 heteroatoms. The van der Waals surface area contributed by atoms with Gasteiger partial charge in [0, 0.05) is 13.7 Å². The summed E-state index contributed by atoms with van der Waals surface area (Å²) in [6, 6.07) is 0. The van der Waals surface area contributed by atoms with Crippen molar-refractivity contribution >= 4 is 6.41 Å². The lowest BCUT2D eigenvalue weighted by Gasteiger charge is -1.90. The van der Waals surface area contributed by atoms with Crippen LogP contribution in [-0.2, 0) is 4.79 Å². The smallest absolute Gasteiger partial charge is 0.206 e. The minimum atomic E-state index is 0.306. The Hall–Kier alpha value is -0.570. The van der Waals surface area contributed by atoms with Crippen molar-refractivity contribution in [2.45, 2.75) is 27.7 Å². The second-order valence-electron chi connectivity index (χ2n) is 1.98. The highest BCUT2D eigenvalue weighted by Crippen LogP contribution is 1.83. The topological polar surface area (TPSA) is 49.3 Å². The average Bonchev–Trinajstić information content (AvgIpc) is 2.08. The first-order valence-electron chi connectivity index (χ1n) is 3.90. The Balaban J connectivity index is -0.0000000965. The summed E-state index contributed by atoms with van der Waals surface area (Å²) in [5.74, 6) is 0.440. The zero-order valence-corrected chi connectivity index (χ0v) is 8.22. The van der Waals surface area contributed by atoms with Gasteiger partial charge in [0.15, 0.2) is 0 Å². The van der Waals surface area contributed by atoms with Crippen LogP contribution in [0.1, 0.15) is 27.7 Å². The molecule has 0 spiro atoms. The third-order valence-corrected chi connectivity index (χ3v) is 0.483. The number of aliphatic hydroxyl groups excluding tert-OH is 1. The Morgan fingerprint density at radius 3 is 1.64 bits per heavy atom. The van der Waals surface area contributed by atoms with Crippen LogP contribution >= 0.6 is 0 Å². The minimum absolute atomic E-state index is 0.306. The fourth-order valence-electron chi connectivity index (χ4n) is 0. The molecule has 0 fully saturated rings. The van der Waals surface area contributed by atoms with Gasteiger partial charge >= 0.3 is 0 Å². The van der Waals surface area contributed by atoms with Crippen LogP contribution in [0.15, 0.2) is 0 Å². The molecule has 0 atom stereocenters. The van der Waals surface area contributed by atoms with Gasteiger partial charge in [-0.15, -0.1) is 0 Å². The Kier molecular flexibility index (Phi) is 34.7. The summed E-state index contributed by atoms with van der Waals surface area (Å²) in [4.78, 5) is 9.06. The lowest BCUT2D eigenvalue weighted by molar-refractivity contribution is -0.109. The van der Waals surface area contributed by atoms with E-state index in [1.54, 1.807) is 7.05 Å². The van der Waals surface area contributed by atoms with Crippen LogP contribution in [-0.4, -0.2) is 25.2 Å². The van der Waals surface area contributed by atoms with E-state index in [9.17, 15) is 0 Å². The molecule has 0 radical (unpaired) electrons. The van der Waals surface area contributed by atoms with Crippen molar-refractivity contribution in [3.8, 4) is 0 Å². The normalized spacial score (nSPS) is 6.82. The van der Waals surface area contributed by atoms with E-state index in [0.29, 0.717) is 18.9 Å². The fourth-order valence-corrected chi connectivity index (χ4v) is 0. The minimum Gasteiger partial charge on any atom is -0.396 e. The van der Waals surface area contributed by atoms with E-state index in [4.69, 9.17) is 9.90 Å². The number of carbonyl (C=O) groups is 1. The van der Waals surface area contributed by atoms with Gasteiger partial charge in [-0.2, -0.15) is 0 Å². The van der Waals surface area contributed by atoms with E-state index in [2.05, 4.69) is 5.32 Å². The van der Waals surface area contributed by atoms with Gasteiger partial charge in [0.1, 0.15) is 0 Å². The molecule has 0 aromatic rings. The van der Waals surface area contributed by atoms with Crippen molar-refractivity contribution in [2.24, 2.45) is 5.92 Å². The Labute approximate surface area is 69.8 Å². The second kappa shape index (κ2) is 22.7. The maximum absolute atomic E-state index is 9.06. The summed E-state index contributed by atoms with van der Waals surface area (Å²) in [7, 11) is 1.56. The van der Waals surface area contributed by atoms with E-state index >= 15 is 0 Å². The van der Waals surface area contributed by atoms with Gasteiger partial charge in [-0.25, -0.2) is 0 Å². The molecule has 3 nitrogen and oxygen atoms in total. The van der Waals surface area contributed by atoms with Crippen molar-refractivity contribution in [2.75, 3.05) is 13.7 Å². The van der Waals surface area contributed by atoms with E-state index in [1.165, 1.54) is 0 Å². The molecule has 11 heavy (non-hydrogen) atoms. The van der Waals surface area contributed by atoms with Crippen LogP contribution in [0.2, 0.25) is 0 Å². The number of hydrogen-bond acceptors (Lipinski definition) is 2. The molecule has 0 saturated carbocycles. The first kappa shape index (κ1) is 16.8. The SMILES string of the molecule is CC.CC(C)CO.CNC=O. The highest BCUT2D eigenvalue weighted by Gasteiger charge is 1.81. The van der Waals surface area contributed by atoms with Gasteiger partial charge in [0.2, 0.25) is 6.41 Å². The van der Waals surface area contributed by atoms with Crippen LogP contribution in [0, 0.1) is 5.92 Å². The number of nitrogens with one attached hydrogen (secondary N) is 1. The van der Waals surface area contributed by atoms with Crippen LogP contribution in [0.25, 0.3) is 0 Å². The zero-order chi connectivity index (χ0) is 9.70. The number of aliphatic hydroxyl groups is 1. The Morgan fingerprint density at radius 2 is 1.64 bits per heavy atom. The standard InChI is InChI=1S/C4H10O.C2H5NO.C2H6/c1-4(2)3-5;1-3-2-4;1-2/h4-5H,3H2,1-2H3;2H,1H3,(H,3,4);1-2H3. The third kappa shape index (κ3) is 88.2. The van der Waals surface area contributed by atoms with Gasteiger partial charge in [0.25, 0.3) is 0 Å². The summed E-state index contributed by atoms with van der Waals surface area (Å²) in [5, 5.41) is 10.4. The maximum atomic E-state index is 9.06. The van der Waals surface area contributed by atoms with Gasteiger partial charge < -0.3 is 10.4 Å². The largest absolute Gasteiger partial charge is 0.396 e. The first-order valence-corrected chi connectivity index (χ1v) is 3.90. The molecule has 0 unspecified atom stereocenters. The molecule has 0 bridgehead atoms. The number of rotatable bonds is 2. The van der Waals surface area contributed by atoms with E-state index in [-0.39, 0.29) is 0 Å². The van der Waals surface area contributed by atoms with Gasteiger partial charge in [-0.05, 0) is 5.92 Å². The van der Waals surface area contributed by atoms with Crippen LogP contribution in [0.4, 0.5) is 0 Å². The Morgan fingerprint density at radius 1 is 1.45 bits per heavy atom. The lowest BCUT2D eigenvalue weighted by Crippen LogP contribution is -1.98. The Bertz CT molecular complexity index is 56.1.